The molecule has 1 aromatic carbocycles. The Balaban J connectivity index is 1.45. The van der Waals surface area contributed by atoms with Crippen LogP contribution in [-0.2, 0) is 16.6 Å². The van der Waals surface area contributed by atoms with Crippen LogP contribution in [0.25, 0.3) is 0 Å². The summed E-state index contributed by atoms with van der Waals surface area (Å²) in [5.41, 5.74) is 0.785. The summed E-state index contributed by atoms with van der Waals surface area (Å²) in [4.78, 5) is 33.3. The SMILES string of the molecule is Cn1cnc(C(=O)N2CC[C@@]34O[C@@H](c5ccccc5)CN3C(=O)C[C@@H]24)c1. The van der Waals surface area contributed by atoms with Crippen LogP contribution in [0.3, 0.4) is 0 Å². The van der Waals surface area contributed by atoms with E-state index in [0.29, 0.717) is 31.6 Å². The molecule has 3 saturated heterocycles. The van der Waals surface area contributed by atoms with Gasteiger partial charge in [-0.2, -0.15) is 0 Å². The van der Waals surface area contributed by atoms with Crippen LogP contribution in [0.5, 0.6) is 0 Å². The Hall–Kier alpha value is -2.67. The normalized spacial score (nSPS) is 30.0. The molecule has 0 aliphatic carbocycles. The smallest absolute Gasteiger partial charge is 0.274 e. The van der Waals surface area contributed by atoms with Gasteiger partial charge < -0.3 is 19.1 Å². The van der Waals surface area contributed by atoms with Crippen LogP contribution in [-0.4, -0.2) is 56.0 Å². The molecule has 0 bridgehead atoms. The van der Waals surface area contributed by atoms with Crippen molar-refractivity contribution in [1.82, 2.24) is 19.4 Å². The molecule has 0 saturated carbocycles. The lowest BCUT2D eigenvalue weighted by Gasteiger charge is -2.31. The van der Waals surface area contributed by atoms with Crippen LogP contribution in [0.4, 0.5) is 0 Å². The first-order chi connectivity index (χ1) is 12.6. The number of aryl methyl sites for hydroxylation is 1. The lowest BCUT2D eigenvalue weighted by molar-refractivity contribution is -0.138. The van der Waals surface area contributed by atoms with E-state index in [1.165, 1.54) is 0 Å². The summed E-state index contributed by atoms with van der Waals surface area (Å²) in [7, 11) is 1.83. The molecule has 1 aromatic heterocycles. The van der Waals surface area contributed by atoms with Gasteiger partial charge in [0.2, 0.25) is 5.91 Å². The summed E-state index contributed by atoms with van der Waals surface area (Å²) < 4.78 is 8.21. The fourth-order valence-electron chi connectivity index (χ4n) is 4.58. The molecule has 0 N–H and O–H groups in total. The average molecular weight is 352 g/mol. The number of hydrogen-bond donors (Lipinski definition) is 0. The average Bonchev–Trinajstić information content (AvgIpc) is 3.37. The first-order valence-electron chi connectivity index (χ1n) is 8.91. The molecule has 3 fully saturated rings. The van der Waals surface area contributed by atoms with Crippen LogP contribution in [0, 0.1) is 0 Å². The number of benzene rings is 1. The third kappa shape index (κ3) is 2.07. The Morgan fingerprint density at radius 2 is 2.12 bits per heavy atom. The first-order valence-corrected chi connectivity index (χ1v) is 8.91. The van der Waals surface area contributed by atoms with E-state index in [0.717, 1.165) is 5.56 Å². The van der Waals surface area contributed by atoms with Gasteiger partial charge in [0.25, 0.3) is 5.91 Å². The zero-order valence-electron chi connectivity index (χ0n) is 14.5. The first kappa shape index (κ1) is 15.6. The molecule has 1 spiro atoms. The summed E-state index contributed by atoms with van der Waals surface area (Å²) in [6, 6.07) is 9.71. The van der Waals surface area contributed by atoms with Crippen LogP contribution in [0.1, 0.15) is 35.0 Å². The maximum absolute atomic E-state index is 12.9. The van der Waals surface area contributed by atoms with E-state index >= 15 is 0 Å². The molecule has 0 radical (unpaired) electrons. The van der Waals surface area contributed by atoms with Crippen molar-refractivity contribution >= 4 is 11.8 Å². The minimum absolute atomic E-state index is 0.0620. The molecule has 4 heterocycles. The van der Waals surface area contributed by atoms with E-state index in [4.69, 9.17) is 4.74 Å². The maximum Gasteiger partial charge on any atom is 0.274 e. The lowest BCUT2D eigenvalue weighted by atomic mass is 10.1. The van der Waals surface area contributed by atoms with Gasteiger partial charge in [-0.05, 0) is 5.56 Å². The second-order valence-electron chi connectivity index (χ2n) is 7.26. The van der Waals surface area contributed by atoms with Crippen molar-refractivity contribution in [3.63, 3.8) is 0 Å². The Morgan fingerprint density at radius 3 is 2.85 bits per heavy atom. The van der Waals surface area contributed by atoms with Gasteiger partial charge in [0.05, 0.1) is 25.3 Å². The van der Waals surface area contributed by atoms with Crippen molar-refractivity contribution < 1.29 is 14.3 Å². The minimum Gasteiger partial charge on any atom is -0.343 e. The number of aromatic nitrogens is 2. The van der Waals surface area contributed by atoms with Crippen molar-refractivity contribution in [3.8, 4) is 0 Å². The Morgan fingerprint density at radius 1 is 1.31 bits per heavy atom. The zero-order valence-corrected chi connectivity index (χ0v) is 14.5. The van der Waals surface area contributed by atoms with Crippen LogP contribution < -0.4 is 0 Å². The molecule has 3 aliphatic heterocycles. The van der Waals surface area contributed by atoms with Crippen LogP contribution in [0.15, 0.2) is 42.9 Å². The zero-order chi connectivity index (χ0) is 17.9. The molecule has 2 aromatic rings. The monoisotopic (exact) mass is 352 g/mol. The predicted molar refractivity (Wildman–Crippen MR) is 92.0 cm³/mol. The van der Waals surface area contributed by atoms with E-state index < -0.39 is 5.72 Å². The number of amides is 2. The molecule has 134 valence electrons. The summed E-state index contributed by atoms with van der Waals surface area (Å²) in [5, 5.41) is 0. The number of rotatable bonds is 2. The topological polar surface area (TPSA) is 67.7 Å². The van der Waals surface area contributed by atoms with Gasteiger partial charge in [0, 0.05) is 26.2 Å². The summed E-state index contributed by atoms with van der Waals surface area (Å²) in [5.74, 6) is -0.0687. The van der Waals surface area contributed by atoms with Crippen LogP contribution in [0.2, 0.25) is 0 Å². The number of carbonyl (C=O) groups is 2. The summed E-state index contributed by atoms with van der Waals surface area (Å²) in [6.45, 7) is 1.12. The van der Waals surface area contributed by atoms with E-state index in [1.54, 1.807) is 22.0 Å². The van der Waals surface area contributed by atoms with Gasteiger partial charge in [0.15, 0.2) is 5.72 Å². The standard InChI is InChI=1S/C19H20N4O3/c1-21-10-14(20-12-21)18(25)22-8-7-19-16(22)9-17(24)23(19)11-15(26-19)13-5-3-2-4-6-13/h2-6,10,12,15-16H,7-9,11H2,1H3/t15-,16-,19+/m1/s1. The second-order valence-corrected chi connectivity index (χ2v) is 7.26. The van der Waals surface area contributed by atoms with Gasteiger partial charge >= 0.3 is 0 Å². The molecule has 26 heavy (non-hydrogen) atoms. The number of nitrogens with zero attached hydrogens (tertiary/aromatic N) is 4. The third-order valence-electron chi connectivity index (χ3n) is 5.78. The van der Waals surface area contributed by atoms with Gasteiger partial charge in [-0.25, -0.2) is 4.98 Å². The quantitative estimate of drug-likeness (QED) is 0.818. The molecular formula is C19H20N4O3. The Labute approximate surface area is 151 Å². The van der Waals surface area contributed by atoms with E-state index in [1.807, 2.05) is 42.3 Å². The van der Waals surface area contributed by atoms with E-state index in [2.05, 4.69) is 4.98 Å². The number of likely N-dealkylation sites (tertiary alicyclic amines) is 1. The highest BCUT2D eigenvalue weighted by molar-refractivity contribution is 5.94. The highest BCUT2D eigenvalue weighted by Crippen LogP contribution is 2.50. The van der Waals surface area contributed by atoms with Gasteiger partial charge in [-0.3, -0.25) is 9.59 Å². The molecule has 5 rings (SSSR count). The van der Waals surface area contributed by atoms with E-state index in [9.17, 15) is 9.59 Å². The van der Waals surface area contributed by atoms with Crippen LogP contribution >= 0.6 is 0 Å². The van der Waals surface area contributed by atoms with Gasteiger partial charge in [-0.1, -0.05) is 30.3 Å². The molecule has 0 unspecified atom stereocenters. The number of ether oxygens (including phenoxy) is 1. The largest absolute Gasteiger partial charge is 0.343 e. The predicted octanol–water partition coefficient (Wildman–Crippen LogP) is 1.33. The second kappa shape index (κ2) is 5.41. The molecule has 7 nitrogen and oxygen atoms in total. The molecule has 7 heteroatoms. The third-order valence-corrected chi connectivity index (χ3v) is 5.78. The lowest BCUT2D eigenvalue weighted by Crippen LogP contribution is -2.48. The fraction of sp³-hybridized carbons (Fsp3) is 0.421. The highest BCUT2D eigenvalue weighted by atomic mass is 16.5. The van der Waals surface area contributed by atoms with Crippen molar-refractivity contribution in [3.05, 3.63) is 54.1 Å². The van der Waals surface area contributed by atoms with Crippen molar-refractivity contribution in [2.45, 2.75) is 30.7 Å². The van der Waals surface area contributed by atoms with Crippen molar-refractivity contribution in [2.75, 3.05) is 13.1 Å². The highest BCUT2D eigenvalue weighted by Gasteiger charge is 2.65. The molecule has 3 aliphatic rings. The molecular weight excluding hydrogens is 332 g/mol. The number of carbonyl (C=O) groups excluding carboxylic acids is 2. The fourth-order valence-corrected chi connectivity index (χ4v) is 4.58. The van der Waals surface area contributed by atoms with Crippen molar-refractivity contribution in [1.29, 1.82) is 0 Å². The Bertz CT molecular complexity index is 880. The molecule has 2 amide bonds. The molecule has 3 atom stereocenters. The summed E-state index contributed by atoms with van der Waals surface area (Å²) in [6.07, 6.45) is 4.14. The number of imidazole rings is 1. The van der Waals surface area contributed by atoms with Crippen molar-refractivity contribution in [2.24, 2.45) is 7.05 Å². The number of hydrogen-bond acceptors (Lipinski definition) is 4. The Kier molecular flexibility index (Phi) is 3.24. The van der Waals surface area contributed by atoms with Gasteiger partial charge in [-0.15, -0.1) is 0 Å². The van der Waals surface area contributed by atoms with E-state index in [-0.39, 0.29) is 24.0 Å². The summed E-state index contributed by atoms with van der Waals surface area (Å²) >= 11 is 0. The van der Waals surface area contributed by atoms with Gasteiger partial charge in [0.1, 0.15) is 11.8 Å². The minimum atomic E-state index is -0.692. The maximum atomic E-state index is 12.9.